The van der Waals surface area contributed by atoms with Crippen molar-refractivity contribution in [2.75, 3.05) is 19.8 Å². The van der Waals surface area contributed by atoms with Crippen molar-refractivity contribution in [3.63, 3.8) is 0 Å². The van der Waals surface area contributed by atoms with Crippen molar-refractivity contribution in [2.45, 2.75) is 19.4 Å². The normalized spacial score (nSPS) is 10.3. The lowest BCUT2D eigenvalue weighted by atomic mass is 10.2. The molecular formula is C20H19Cl4NO4. The summed E-state index contributed by atoms with van der Waals surface area (Å²) in [5, 5.41) is 3.56. The molecule has 2 aromatic carbocycles. The minimum Gasteiger partial charge on any atom is -0.494 e. The lowest BCUT2D eigenvalue weighted by Gasteiger charge is -2.12. The van der Waals surface area contributed by atoms with Gasteiger partial charge in [0, 0.05) is 12.1 Å². The average Bonchev–Trinajstić information content (AvgIpc) is 2.67. The summed E-state index contributed by atoms with van der Waals surface area (Å²) in [7, 11) is 0. The fourth-order valence-corrected chi connectivity index (χ4v) is 2.99. The van der Waals surface area contributed by atoms with Crippen LogP contribution in [0.1, 0.15) is 18.4 Å². The third-order valence-electron chi connectivity index (χ3n) is 3.68. The first kappa shape index (κ1) is 23.6. The molecule has 156 valence electrons. The SMILES string of the molecule is O=NCc1ccc(OCCCCOc2c(Cl)cc(OCC=C(Cl)Cl)cc2Cl)cc1. The number of benzene rings is 2. The molecule has 0 bridgehead atoms. The second-order valence-electron chi connectivity index (χ2n) is 5.86. The van der Waals surface area contributed by atoms with Gasteiger partial charge >= 0.3 is 0 Å². The summed E-state index contributed by atoms with van der Waals surface area (Å²) < 4.78 is 16.9. The zero-order valence-corrected chi connectivity index (χ0v) is 18.4. The van der Waals surface area contributed by atoms with Gasteiger partial charge in [-0.1, -0.05) is 63.7 Å². The standard InChI is InChI=1S/C20H19Cl4NO4/c21-17-11-16(28-10-7-19(23)24)12-18(22)20(17)29-9-2-1-8-27-15-5-3-14(4-6-15)13-25-26/h3-7,11-12H,1-2,8-10,13H2. The molecule has 0 aliphatic carbocycles. The minimum atomic E-state index is 0.123. The molecule has 5 nitrogen and oxygen atoms in total. The van der Waals surface area contributed by atoms with Gasteiger partial charge in [0.1, 0.15) is 29.1 Å². The van der Waals surface area contributed by atoms with Gasteiger partial charge in [0.2, 0.25) is 0 Å². The topological polar surface area (TPSA) is 57.1 Å². The van der Waals surface area contributed by atoms with Crippen LogP contribution < -0.4 is 14.2 Å². The van der Waals surface area contributed by atoms with E-state index in [1.807, 2.05) is 24.3 Å². The molecule has 0 atom stereocenters. The molecule has 0 aliphatic heterocycles. The van der Waals surface area contributed by atoms with Crippen molar-refractivity contribution in [1.82, 2.24) is 0 Å². The summed E-state index contributed by atoms with van der Waals surface area (Å²) in [6.45, 7) is 1.34. The molecule has 2 aromatic rings. The molecule has 0 spiro atoms. The first-order chi connectivity index (χ1) is 14.0. The molecule has 0 heterocycles. The number of ether oxygens (including phenoxy) is 3. The fourth-order valence-electron chi connectivity index (χ4n) is 2.29. The van der Waals surface area contributed by atoms with E-state index in [4.69, 9.17) is 60.6 Å². The van der Waals surface area contributed by atoms with Crippen LogP contribution in [0.3, 0.4) is 0 Å². The molecule has 0 aliphatic rings. The number of rotatable bonds is 12. The van der Waals surface area contributed by atoms with Crippen LogP contribution in [0.15, 0.2) is 52.1 Å². The summed E-state index contributed by atoms with van der Waals surface area (Å²) in [6, 6.07) is 10.5. The van der Waals surface area contributed by atoms with Gasteiger partial charge in [-0.25, -0.2) is 0 Å². The van der Waals surface area contributed by atoms with Gasteiger partial charge < -0.3 is 14.2 Å². The molecule has 0 saturated heterocycles. The minimum absolute atomic E-state index is 0.123. The van der Waals surface area contributed by atoms with Gasteiger partial charge in [-0.05, 0) is 36.6 Å². The van der Waals surface area contributed by atoms with E-state index in [2.05, 4.69) is 5.18 Å². The zero-order valence-electron chi connectivity index (χ0n) is 15.4. The van der Waals surface area contributed by atoms with E-state index < -0.39 is 0 Å². The Morgan fingerprint density at radius 1 is 0.897 bits per heavy atom. The predicted octanol–water partition coefficient (Wildman–Crippen LogP) is 7.20. The number of unbranched alkanes of at least 4 members (excludes halogenated alkanes) is 1. The van der Waals surface area contributed by atoms with E-state index in [1.54, 1.807) is 12.1 Å². The molecule has 0 saturated carbocycles. The Morgan fingerprint density at radius 3 is 2.10 bits per heavy atom. The van der Waals surface area contributed by atoms with Crippen LogP contribution in [0.25, 0.3) is 0 Å². The quantitative estimate of drug-likeness (QED) is 0.239. The van der Waals surface area contributed by atoms with E-state index in [9.17, 15) is 4.91 Å². The van der Waals surface area contributed by atoms with Crippen LogP contribution in [-0.2, 0) is 6.54 Å². The smallest absolute Gasteiger partial charge is 0.156 e. The Hall–Kier alpha value is -1.66. The summed E-state index contributed by atoms with van der Waals surface area (Å²) in [4.78, 5) is 10.2. The molecule has 0 N–H and O–H groups in total. The highest BCUT2D eigenvalue weighted by atomic mass is 35.5. The van der Waals surface area contributed by atoms with Crippen LogP contribution in [-0.4, -0.2) is 19.8 Å². The summed E-state index contributed by atoms with van der Waals surface area (Å²) >= 11 is 23.5. The Labute approximate surface area is 189 Å². The Bertz CT molecular complexity index is 801. The van der Waals surface area contributed by atoms with Gasteiger partial charge in [-0.3, -0.25) is 0 Å². The maximum Gasteiger partial charge on any atom is 0.156 e. The van der Waals surface area contributed by atoms with Crippen molar-refractivity contribution in [3.05, 3.63) is 67.5 Å². The molecule has 2 rings (SSSR count). The van der Waals surface area contributed by atoms with Crippen LogP contribution >= 0.6 is 46.4 Å². The first-order valence-corrected chi connectivity index (χ1v) is 10.3. The highest BCUT2D eigenvalue weighted by Crippen LogP contribution is 2.37. The van der Waals surface area contributed by atoms with Crippen molar-refractivity contribution < 1.29 is 14.2 Å². The number of hydrogen-bond acceptors (Lipinski definition) is 5. The van der Waals surface area contributed by atoms with E-state index >= 15 is 0 Å². The van der Waals surface area contributed by atoms with E-state index in [1.165, 1.54) is 6.08 Å². The van der Waals surface area contributed by atoms with Gasteiger partial charge in [0.15, 0.2) is 5.75 Å². The fraction of sp³-hybridized carbons (Fsp3) is 0.300. The highest BCUT2D eigenvalue weighted by molar-refractivity contribution is 6.55. The van der Waals surface area contributed by atoms with E-state index in [0.29, 0.717) is 34.8 Å². The average molecular weight is 479 g/mol. The van der Waals surface area contributed by atoms with Crippen molar-refractivity contribution in [3.8, 4) is 17.2 Å². The Balaban J connectivity index is 1.71. The maximum absolute atomic E-state index is 10.2. The predicted molar refractivity (Wildman–Crippen MR) is 118 cm³/mol. The van der Waals surface area contributed by atoms with Crippen LogP contribution in [0.4, 0.5) is 0 Å². The van der Waals surface area contributed by atoms with E-state index in [0.717, 1.165) is 24.2 Å². The second-order valence-corrected chi connectivity index (χ2v) is 7.68. The molecule has 29 heavy (non-hydrogen) atoms. The Morgan fingerprint density at radius 2 is 1.52 bits per heavy atom. The van der Waals surface area contributed by atoms with Crippen LogP contribution in [0.2, 0.25) is 10.0 Å². The molecule has 0 amide bonds. The molecule has 0 unspecified atom stereocenters. The highest BCUT2D eigenvalue weighted by Gasteiger charge is 2.10. The number of nitroso groups, excluding NO2 is 1. The molecule has 0 radical (unpaired) electrons. The van der Waals surface area contributed by atoms with E-state index in [-0.39, 0.29) is 17.6 Å². The zero-order chi connectivity index (χ0) is 21.1. The van der Waals surface area contributed by atoms with Gasteiger partial charge in [-0.2, -0.15) is 4.91 Å². The summed E-state index contributed by atoms with van der Waals surface area (Å²) in [6.07, 6.45) is 3.06. The molecule has 0 aromatic heterocycles. The summed E-state index contributed by atoms with van der Waals surface area (Å²) in [5.74, 6) is 1.64. The number of hydrogen-bond donors (Lipinski definition) is 0. The maximum atomic E-state index is 10.2. The molecule has 9 heteroatoms. The lowest BCUT2D eigenvalue weighted by molar-refractivity contribution is 0.266. The third-order valence-corrected chi connectivity index (χ3v) is 4.55. The number of halogens is 4. The van der Waals surface area contributed by atoms with Crippen LogP contribution in [0.5, 0.6) is 17.2 Å². The summed E-state index contributed by atoms with van der Waals surface area (Å²) in [5.41, 5.74) is 0.852. The lowest BCUT2D eigenvalue weighted by Crippen LogP contribution is -2.03. The van der Waals surface area contributed by atoms with Crippen molar-refractivity contribution in [1.29, 1.82) is 0 Å². The Kier molecular flexibility index (Phi) is 10.4. The van der Waals surface area contributed by atoms with Crippen LogP contribution in [0, 0.1) is 4.91 Å². The monoisotopic (exact) mass is 477 g/mol. The van der Waals surface area contributed by atoms with Gasteiger partial charge in [-0.15, -0.1) is 0 Å². The van der Waals surface area contributed by atoms with Crippen molar-refractivity contribution >= 4 is 46.4 Å². The molecular weight excluding hydrogens is 460 g/mol. The van der Waals surface area contributed by atoms with Crippen molar-refractivity contribution in [2.24, 2.45) is 5.18 Å². The molecule has 0 fully saturated rings. The largest absolute Gasteiger partial charge is 0.494 e. The number of nitrogens with zero attached hydrogens (tertiary/aromatic N) is 1. The first-order valence-electron chi connectivity index (χ1n) is 8.76. The second kappa shape index (κ2) is 12.8. The van der Waals surface area contributed by atoms with Gasteiger partial charge in [0.05, 0.1) is 23.3 Å². The van der Waals surface area contributed by atoms with Gasteiger partial charge in [0.25, 0.3) is 0 Å². The third kappa shape index (κ3) is 8.70.